The van der Waals surface area contributed by atoms with E-state index >= 15 is 0 Å². The molecule has 0 amide bonds. The number of nitrogens with zero attached hydrogens (tertiary/aromatic N) is 3. The summed E-state index contributed by atoms with van der Waals surface area (Å²) in [5.74, 6) is -0.403. The van der Waals surface area contributed by atoms with Gasteiger partial charge in [-0.2, -0.15) is 5.10 Å². The SMILES string of the molecule is Cc1nn(C)cc1CN1CCC[C@@H](C(=O)c2ccc(-c3ccccc3)c(F)c2)C1. The Labute approximate surface area is 171 Å². The van der Waals surface area contributed by atoms with E-state index in [4.69, 9.17) is 0 Å². The summed E-state index contributed by atoms with van der Waals surface area (Å²) < 4.78 is 16.5. The zero-order valence-electron chi connectivity index (χ0n) is 16.9. The minimum Gasteiger partial charge on any atom is -0.298 e. The van der Waals surface area contributed by atoms with Crippen LogP contribution in [0.1, 0.15) is 34.5 Å². The van der Waals surface area contributed by atoms with E-state index in [9.17, 15) is 9.18 Å². The standard InChI is InChI=1S/C24H26FN3O/c1-17-21(14-27(2)26-17)16-28-12-6-9-20(15-28)24(29)19-10-11-22(23(25)13-19)18-7-4-3-5-8-18/h3-5,7-8,10-11,13-14,20H,6,9,12,15-16H2,1-2H3/t20-/m1/s1. The van der Waals surface area contributed by atoms with E-state index in [0.717, 1.165) is 37.2 Å². The molecular formula is C24H26FN3O. The molecule has 2 aromatic carbocycles. The molecule has 0 spiro atoms. The van der Waals surface area contributed by atoms with E-state index in [1.165, 1.54) is 11.6 Å². The lowest BCUT2D eigenvalue weighted by molar-refractivity contribution is 0.0811. The molecule has 1 aliphatic heterocycles. The molecule has 4 rings (SSSR count). The molecule has 1 aliphatic rings. The lowest BCUT2D eigenvalue weighted by Gasteiger charge is -2.31. The Morgan fingerprint density at radius 3 is 2.69 bits per heavy atom. The van der Waals surface area contributed by atoms with Crippen LogP contribution in [0, 0.1) is 18.7 Å². The van der Waals surface area contributed by atoms with Gasteiger partial charge in [0.15, 0.2) is 5.78 Å². The first-order chi connectivity index (χ1) is 14.0. The quantitative estimate of drug-likeness (QED) is 0.595. The predicted octanol–water partition coefficient (Wildman–Crippen LogP) is 4.63. The first-order valence-electron chi connectivity index (χ1n) is 10.1. The fraction of sp³-hybridized carbons (Fsp3) is 0.333. The van der Waals surface area contributed by atoms with Crippen molar-refractivity contribution in [3.63, 3.8) is 0 Å². The van der Waals surface area contributed by atoms with Gasteiger partial charge in [0, 0.05) is 48.9 Å². The highest BCUT2D eigenvalue weighted by Gasteiger charge is 2.27. The molecule has 1 saturated heterocycles. The Morgan fingerprint density at radius 2 is 2.00 bits per heavy atom. The third-order valence-electron chi connectivity index (χ3n) is 5.72. The van der Waals surface area contributed by atoms with Gasteiger partial charge in [-0.05, 0) is 37.9 Å². The molecule has 2 heterocycles. The summed E-state index contributed by atoms with van der Waals surface area (Å²) in [6, 6.07) is 14.3. The Kier molecular flexibility index (Phi) is 5.58. The molecule has 4 nitrogen and oxygen atoms in total. The highest BCUT2D eigenvalue weighted by Crippen LogP contribution is 2.27. The minimum absolute atomic E-state index is 0.0381. The van der Waals surface area contributed by atoms with Gasteiger partial charge in [-0.3, -0.25) is 14.4 Å². The molecule has 1 atom stereocenters. The second-order valence-electron chi connectivity index (χ2n) is 7.91. The number of benzene rings is 2. The summed E-state index contributed by atoms with van der Waals surface area (Å²) in [4.78, 5) is 15.4. The van der Waals surface area contributed by atoms with E-state index in [2.05, 4.69) is 10.00 Å². The summed E-state index contributed by atoms with van der Waals surface area (Å²) in [7, 11) is 1.92. The number of hydrogen-bond acceptors (Lipinski definition) is 3. The van der Waals surface area contributed by atoms with Crippen molar-refractivity contribution >= 4 is 5.78 Å². The van der Waals surface area contributed by atoms with Crippen LogP contribution in [0.5, 0.6) is 0 Å². The van der Waals surface area contributed by atoms with Gasteiger partial charge in [-0.25, -0.2) is 4.39 Å². The van der Waals surface area contributed by atoms with Gasteiger partial charge in [0.1, 0.15) is 5.82 Å². The number of Topliss-reactive ketones (excluding diaryl/α,β-unsaturated/α-hetero) is 1. The van der Waals surface area contributed by atoms with E-state index in [0.29, 0.717) is 17.7 Å². The molecule has 150 valence electrons. The van der Waals surface area contributed by atoms with Gasteiger partial charge in [0.2, 0.25) is 0 Å². The maximum Gasteiger partial charge on any atom is 0.167 e. The number of piperidine rings is 1. The van der Waals surface area contributed by atoms with E-state index in [1.54, 1.807) is 12.1 Å². The topological polar surface area (TPSA) is 38.1 Å². The Hall–Kier alpha value is -2.79. The summed E-state index contributed by atoms with van der Waals surface area (Å²) >= 11 is 0. The van der Waals surface area contributed by atoms with Gasteiger partial charge in [0.25, 0.3) is 0 Å². The normalized spacial score (nSPS) is 17.4. The lowest BCUT2D eigenvalue weighted by atomic mass is 9.89. The number of aryl methyl sites for hydroxylation is 2. The van der Waals surface area contributed by atoms with Crippen molar-refractivity contribution in [2.45, 2.75) is 26.3 Å². The second-order valence-corrected chi connectivity index (χ2v) is 7.91. The molecule has 1 aromatic heterocycles. The number of likely N-dealkylation sites (tertiary alicyclic amines) is 1. The van der Waals surface area contributed by atoms with E-state index in [-0.39, 0.29) is 17.5 Å². The molecule has 0 saturated carbocycles. The van der Waals surface area contributed by atoms with Gasteiger partial charge < -0.3 is 0 Å². The summed E-state index contributed by atoms with van der Waals surface area (Å²) in [6.07, 6.45) is 3.86. The number of halogens is 1. The Balaban J connectivity index is 1.47. The zero-order chi connectivity index (χ0) is 20.4. The molecule has 0 unspecified atom stereocenters. The first-order valence-corrected chi connectivity index (χ1v) is 10.1. The number of aromatic nitrogens is 2. The van der Waals surface area contributed by atoms with Crippen LogP contribution in [-0.2, 0) is 13.6 Å². The summed E-state index contributed by atoms with van der Waals surface area (Å²) in [5, 5.41) is 4.40. The highest BCUT2D eigenvalue weighted by atomic mass is 19.1. The monoisotopic (exact) mass is 391 g/mol. The molecule has 3 aromatic rings. The van der Waals surface area contributed by atoms with Gasteiger partial charge >= 0.3 is 0 Å². The summed E-state index contributed by atoms with van der Waals surface area (Å²) in [6.45, 7) is 4.48. The molecular weight excluding hydrogens is 365 g/mol. The van der Waals surface area contributed by atoms with Crippen LogP contribution in [0.3, 0.4) is 0 Å². The second kappa shape index (κ2) is 8.29. The average molecular weight is 391 g/mol. The maximum absolute atomic E-state index is 14.7. The highest BCUT2D eigenvalue weighted by molar-refractivity contribution is 5.98. The van der Waals surface area contributed by atoms with E-state index < -0.39 is 0 Å². The summed E-state index contributed by atoms with van der Waals surface area (Å²) in [5.41, 5.74) is 4.03. The number of ketones is 1. The smallest absolute Gasteiger partial charge is 0.167 e. The van der Waals surface area contributed by atoms with Gasteiger partial charge in [-0.15, -0.1) is 0 Å². The predicted molar refractivity (Wildman–Crippen MR) is 112 cm³/mol. The molecule has 0 bridgehead atoms. The fourth-order valence-corrected chi connectivity index (χ4v) is 4.21. The molecule has 1 fully saturated rings. The van der Waals surface area contributed by atoms with Crippen molar-refractivity contribution in [2.24, 2.45) is 13.0 Å². The fourth-order valence-electron chi connectivity index (χ4n) is 4.21. The third kappa shape index (κ3) is 4.30. The number of carbonyl (C=O) groups excluding carboxylic acids is 1. The van der Waals surface area contributed by atoms with Crippen LogP contribution >= 0.6 is 0 Å². The lowest BCUT2D eigenvalue weighted by Crippen LogP contribution is -2.38. The van der Waals surface area contributed by atoms with E-state index in [1.807, 2.05) is 55.2 Å². The largest absolute Gasteiger partial charge is 0.298 e. The van der Waals surface area contributed by atoms with Crippen molar-refractivity contribution in [1.29, 1.82) is 0 Å². The number of rotatable bonds is 5. The van der Waals surface area contributed by atoms with Crippen molar-refractivity contribution in [3.05, 3.63) is 77.4 Å². The van der Waals surface area contributed by atoms with Crippen LogP contribution in [0.4, 0.5) is 4.39 Å². The Morgan fingerprint density at radius 1 is 1.21 bits per heavy atom. The molecule has 5 heteroatoms. The molecule has 0 aliphatic carbocycles. The first kappa shape index (κ1) is 19.5. The van der Waals surface area contributed by atoms with Crippen molar-refractivity contribution in [1.82, 2.24) is 14.7 Å². The average Bonchev–Trinajstić information content (AvgIpc) is 3.05. The van der Waals surface area contributed by atoms with Crippen molar-refractivity contribution in [3.8, 4) is 11.1 Å². The van der Waals surface area contributed by atoms with Gasteiger partial charge in [-0.1, -0.05) is 42.5 Å². The number of hydrogen-bond donors (Lipinski definition) is 0. The molecule has 0 N–H and O–H groups in total. The van der Waals surface area contributed by atoms with Crippen LogP contribution in [0.15, 0.2) is 54.7 Å². The van der Waals surface area contributed by atoms with Crippen molar-refractivity contribution in [2.75, 3.05) is 13.1 Å². The van der Waals surface area contributed by atoms with Crippen LogP contribution in [-0.4, -0.2) is 33.6 Å². The van der Waals surface area contributed by atoms with Crippen LogP contribution < -0.4 is 0 Å². The molecule has 29 heavy (non-hydrogen) atoms. The zero-order valence-corrected chi connectivity index (χ0v) is 16.9. The minimum atomic E-state index is -0.347. The maximum atomic E-state index is 14.7. The van der Waals surface area contributed by atoms with Crippen molar-refractivity contribution < 1.29 is 9.18 Å². The Bertz CT molecular complexity index is 1010. The number of carbonyl (C=O) groups is 1. The van der Waals surface area contributed by atoms with Crippen LogP contribution in [0.25, 0.3) is 11.1 Å². The third-order valence-corrected chi connectivity index (χ3v) is 5.72. The molecule has 0 radical (unpaired) electrons. The van der Waals surface area contributed by atoms with Gasteiger partial charge in [0.05, 0.1) is 5.69 Å². The van der Waals surface area contributed by atoms with Crippen LogP contribution in [0.2, 0.25) is 0 Å².